The summed E-state index contributed by atoms with van der Waals surface area (Å²) in [7, 11) is 0. The van der Waals surface area contributed by atoms with E-state index >= 15 is 0 Å². The Morgan fingerprint density at radius 2 is 2.00 bits per heavy atom. The number of hydrogen-bond donors (Lipinski definition) is 2. The molecular weight excluding hydrogens is 260 g/mol. The molecule has 2 aromatic rings. The average molecular weight is 272 g/mol. The fourth-order valence-electron chi connectivity index (χ4n) is 1.38. The number of benzene rings is 1. The first-order valence-electron chi connectivity index (χ1n) is 5.51. The number of nitrogens with zero attached hydrogens (tertiary/aromatic N) is 2. The largest absolute Gasteiger partial charge is 0.323 e. The molecule has 19 heavy (non-hydrogen) atoms. The molecule has 0 bridgehead atoms. The van der Waals surface area contributed by atoms with E-state index in [9.17, 15) is 4.79 Å². The Labute approximate surface area is 114 Å². The fourth-order valence-corrected chi connectivity index (χ4v) is 2.05. The maximum atomic E-state index is 12.1. The summed E-state index contributed by atoms with van der Waals surface area (Å²) in [5.41, 5.74) is 3.74. The van der Waals surface area contributed by atoms with Gasteiger partial charge in [-0.15, -0.1) is 11.3 Å². The Bertz CT molecular complexity index is 590. The Hall–Kier alpha value is -2.47. The number of para-hydroxylation sites is 1. The third-order valence-electron chi connectivity index (χ3n) is 2.25. The third kappa shape index (κ3) is 3.49. The highest BCUT2D eigenvalue weighted by atomic mass is 32.1. The topological polar surface area (TPSA) is 79.8 Å². The van der Waals surface area contributed by atoms with E-state index in [4.69, 9.17) is 5.84 Å². The van der Waals surface area contributed by atoms with Crippen molar-refractivity contribution in [2.45, 2.75) is 0 Å². The second kappa shape index (κ2) is 6.46. The van der Waals surface area contributed by atoms with Gasteiger partial charge in [0.2, 0.25) is 5.78 Å². The molecule has 1 aromatic carbocycles. The smallest absolute Gasteiger partial charge is 0.224 e. The summed E-state index contributed by atoms with van der Waals surface area (Å²) >= 11 is 1.35. The number of rotatable bonds is 5. The zero-order valence-corrected chi connectivity index (χ0v) is 10.8. The maximum Gasteiger partial charge on any atom is 0.224 e. The molecule has 6 heteroatoms. The molecule has 5 nitrogen and oxygen atoms in total. The molecule has 0 aliphatic carbocycles. The van der Waals surface area contributed by atoms with Gasteiger partial charge in [-0.2, -0.15) is 10.2 Å². The second-order valence-electron chi connectivity index (χ2n) is 3.56. The number of hydrogen-bond acceptors (Lipinski definition) is 6. The molecule has 0 saturated carbocycles. The van der Waals surface area contributed by atoms with E-state index in [1.165, 1.54) is 17.6 Å². The minimum Gasteiger partial charge on any atom is -0.323 e. The summed E-state index contributed by atoms with van der Waals surface area (Å²) in [5.74, 6) is 4.89. The fraction of sp³-hybridized carbons (Fsp3) is 0. The number of hydrazone groups is 2. The van der Waals surface area contributed by atoms with Gasteiger partial charge in [0.25, 0.3) is 0 Å². The molecule has 0 amide bonds. The van der Waals surface area contributed by atoms with Crippen molar-refractivity contribution in [3.63, 3.8) is 0 Å². The van der Waals surface area contributed by atoms with Crippen molar-refractivity contribution in [1.29, 1.82) is 0 Å². The van der Waals surface area contributed by atoms with Crippen LogP contribution in [-0.4, -0.2) is 17.7 Å². The average Bonchev–Trinajstić information content (AvgIpc) is 2.98. The van der Waals surface area contributed by atoms with Gasteiger partial charge in [-0.1, -0.05) is 24.3 Å². The molecule has 1 aromatic heterocycles. The molecule has 0 spiro atoms. The monoisotopic (exact) mass is 272 g/mol. The van der Waals surface area contributed by atoms with Gasteiger partial charge >= 0.3 is 0 Å². The van der Waals surface area contributed by atoms with Crippen molar-refractivity contribution in [3.8, 4) is 0 Å². The van der Waals surface area contributed by atoms with Crippen molar-refractivity contribution in [1.82, 2.24) is 0 Å². The van der Waals surface area contributed by atoms with E-state index in [0.29, 0.717) is 4.88 Å². The normalized spacial score (nSPS) is 11.7. The van der Waals surface area contributed by atoms with Crippen molar-refractivity contribution in [2.24, 2.45) is 16.0 Å². The molecule has 1 heterocycles. The lowest BCUT2D eigenvalue weighted by atomic mass is 10.2. The second-order valence-corrected chi connectivity index (χ2v) is 4.51. The number of nitrogens with one attached hydrogen (secondary N) is 1. The van der Waals surface area contributed by atoms with E-state index in [2.05, 4.69) is 15.6 Å². The summed E-state index contributed by atoms with van der Waals surface area (Å²) in [4.78, 5) is 12.7. The lowest BCUT2D eigenvalue weighted by Gasteiger charge is -2.01. The van der Waals surface area contributed by atoms with Crippen LogP contribution in [0.2, 0.25) is 0 Å². The molecule has 0 atom stereocenters. The lowest BCUT2D eigenvalue weighted by molar-refractivity contribution is 0.107. The molecular formula is C13H12N4OS. The Morgan fingerprint density at radius 1 is 1.21 bits per heavy atom. The lowest BCUT2D eigenvalue weighted by Crippen LogP contribution is -2.17. The first kappa shape index (κ1) is 13.0. The van der Waals surface area contributed by atoms with Gasteiger partial charge in [0.15, 0.2) is 5.71 Å². The predicted molar refractivity (Wildman–Crippen MR) is 78.8 cm³/mol. The Kier molecular flexibility index (Phi) is 4.41. The highest BCUT2D eigenvalue weighted by Crippen LogP contribution is 2.10. The van der Waals surface area contributed by atoms with Crippen molar-refractivity contribution < 1.29 is 4.79 Å². The van der Waals surface area contributed by atoms with E-state index < -0.39 is 0 Å². The van der Waals surface area contributed by atoms with E-state index in [-0.39, 0.29) is 11.5 Å². The van der Waals surface area contributed by atoms with Gasteiger partial charge < -0.3 is 5.84 Å². The predicted octanol–water partition coefficient (Wildman–Crippen LogP) is 2.34. The molecule has 0 fully saturated rings. The van der Waals surface area contributed by atoms with E-state index in [1.807, 2.05) is 35.7 Å². The molecule has 0 unspecified atom stereocenters. The van der Waals surface area contributed by atoms with Crippen LogP contribution in [0, 0.1) is 0 Å². The molecule has 0 radical (unpaired) electrons. The number of nitrogens with two attached hydrogens (primary N) is 1. The SMILES string of the molecule is NN=C/C(=N/Nc1ccccc1)C(=O)c1cccs1. The minimum atomic E-state index is -0.215. The van der Waals surface area contributed by atoms with Crippen LogP contribution in [0.15, 0.2) is 58.0 Å². The van der Waals surface area contributed by atoms with Gasteiger partial charge in [-0.05, 0) is 23.6 Å². The molecule has 3 N–H and O–H groups in total. The summed E-state index contributed by atoms with van der Waals surface area (Å²) in [6.07, 6.45) is 1.23. The maximum absolute atomic E-state index is 12.1. The van der Waals surface area contributed by atoms with Crippen LogP contribution in [0.1, 0.15) is 9.67 Å². The number of carbonyl (C=O) groups excluding carboxylic acids is 1. The zero-order valence-electron chi connectivity index (χ0n) is 9.98. The summed E-state index contributed by atoms with van der Waals surface area (Å²) in [6.45, 7) is 0. The first-order chi connectivity index (χ1) is 9.31. The van der Waals surface area contributed by atoms with Crippen LogP contribution < -0.4 is 11.3 Å². The number of carbonyl (C=O) groups is 1. The Balaban J connectivity index is 2.18. The van der Waals surface area contributed by atoms with Crippen LogP contribution in [0.3, 0.4) is 0 Å². The molecule has 96 valence electrons. The number of Topliss-reactive ketones (excluding diaryl/α,β-unsaturated/α-hetero) is 1. The quantitative estimate of drug-likeness (QED) is 0.379. The van der Waals surface area contributed by atoms with Gasteiger partial charge in [-0.3, -0.25) is 10.2 Å². The van der Waals surface area contributed by atoms with Gasteiger partial charge in [0.05, 0.1) is 16.8 Å². The van der Waals surface area contributed by atoms with Crippen molar-refractivity contribution in [3.05, 3.63) is 52.7 Å². The van der Waals surface area contributed by atoms with Crippen LogP contribution in [0.5, 0.6) is 0 Å². The molecule has 0 aliphatic rings. The van der Waals surface area contributed by atoms with Gasteiger partial charge in [0, 0.05) is 0 Å². The molecule has 0 aliphatic heterocycles. The summed E-state index contributed by atoms with van der Waals surface area (Å²) in [6, 6.07) is 12.9. The zero-order chi connectivity index (χ0) is 13.5. The highest BCUT2D eigenvalue weighted by Gasteiger charge is 2.13. The minimum absolute atomic E-state index is 0.161. The van der Waals surface area contributed by atoms with Crippen LogP contribution in [0.4, 0.5) is 5.69 Å². The third-order valence-corrected chi connectivity index (χ3v) is 3.12. The van der Waals surface area contributed by atoms with Gasteiger partial charge in [-0.25, -0.2) is 0 Å². The van der Waals surface area contributed by atoms with E-state index in [1.54, 1.807) is 12.1 Å². The first-order valence-corrected chi connectivity index (χ1v) is 6.39. The van der Waals surface area contributed by atoms with Gasteiger partial charge in [0.1, 0.15) is 0 Å². The number of thiophene rings is 1. The summed E-state index contributed by atoms with van der Waals surface area (Å²) in [5, 5.41) is 9.23. The highest BCUT2D eigenvalue weighted by molar-refractivity contribution is 7.13. The van der Waals surface area contributed by atoms with E-state index in [0.717, 1.165) is 5.69 Å². The standard InChI is InChI=1S/C13H12N4OS/c14-15-9-11(13(18)12-7-4-8-19-12)17-16-10-5-2-1-3-6-10/h1-9,16H,14H2/b15-9?,17-11-. The van der Waals surface area contributed by atoms with Crippen molar-refractivity contribution in [2.75, 3.05) is 5.43 Å². The van der Waals surface area contributed by atoms with Crippen LogP contribution in [0.25, 0.3) is 0 Å². The number of ketones is 1. The Morgan fingerprint density at radius 3 is 2.63 bits per heavy atom. The molecule has 0 saturated heterocycles. The van der Waals surface area contributed by atoms with Crippen LogP contribution in [-0.2, 0) is 0 Å². The number of anilines is 1. The molecule has 2 rings (SSSR count). The van der Waals surface area contributed by atoms with Crippen LogP contribution >= 0.6 is 11.3 Å². The van der Waals surface area contributed by atoms with Crippen molar-refractivity contribution >= 4 is 34.7 Å². The summed E-state index contributed by atoms with van der Waals surface area (Å²) < 4.78 is 0.